The summed E-state index contributed by atoms with van der Waals surface area (Å²) in [4.78, 5) is 14.9. The summed E-state index contributed by atoms with van der Waals surface area (Å²) in [6, 6.07) is 13.5. The molecular weight excluding hydrogens is 374 g/mol. The van der Waals surface area contributed by atoms with Crippen LogP contribution in [0.1, 0.15) is 38.1 Å². The van der Waals surface area contributed by atoms with Gasteiger partial charge in [0.15, 0.2) is 0 Å². The Morgan fingerprint density at radius 3 is 1.96 bits per heavy atom. The standard InChI is InChI=1S/C21H29N3O3S/c1-6-24(7-2)19-12-10-18(11-13-19)22-21(25)17-8-14-20(15-9-17)28(26,27)23(5)16(3)4/h8-16H,6-7H2,1-5H3,(H,22,25). The molecule has 0 aliphatic carbocycles. The van der Waals surface area contributed by atoms with Gasteiger partial charge < -0.3 is 10.2 Å². The van der Waals surface area contributed by atoms with Gasteiger partial charge in [0.25, 0.3) is 5.91 Å². The number of sulfonamides is 1. The Balaban J connectivity index is 2.11. The zero-order valence-corrected chi connectivity index (χ0v) is 18.0. The summed E-state index contributed by atoms with van der Waals surface area (Å²) >= 11 is 0. The molecule has 0 aliphatic rings. The predicted molar refractivity (Wildman–Crippen MR) is 114 cm³/mol. The molecule has 2 rings (SSSR count). The second-order valence-corrected chi connectivity index (χ2v) is 8.81. The molecule has 0 bridgehead atoms. The number of nitrogens with zero attached hydrogens (tertiary/aromatic N) is 2. The number of rotatable bonds is 8. The van der Waals surface area contributed by atoms with Crippen LogP contribution in [0.25, 0.3) is 0 Å². The fourth-order valence-corrected chi connectivity index (χ4v) is 4.14. The molecule has 0 saturated heterocycles. The van der Waals surface area contributed by atoms with Crippen LogP contribution in [0.3, 0.4) is 0 Å². The van der Waals surface area contributed by atoms with Crippen molar-refractivity contribution in [3.8, 4) is 0 Å². The fraction of sp³-hybridized carbons (Fsp3) is 0.381. The van der Waals surface area contributed by atoms with Crippen molar-refractivity contribution in [1.82, 2.24) is 4.31 Å². The Kier molecular flexibility index (Phi) is 7.21. The molecule has 0 atom stereocenters. The highest BCUT2D eigenvalue weighted by Gasteiger charge is 2.23. The van der Waals surface area contributed by atoms with Crippen LogP contribution in [0.15, 0.2) is 53.4 Å². The van der Waals surface area contributed by atoms with Gasteiger partial charge in [-0.2, -0.15) is 4.31 Å². The lowest BCUT2D eigenvalue weighted by molar-refractivity contribution is 0.102. The Bertz CT molecular complexity index is 887. The van der Waals surface area contributed by atoms with Crippen molar-refractivity contribution in [3.63, 3.8) is 0 Å². The third-order valence-corrected chi connectivity index (χ3v) is 6.82. The van der Waals surface area contributed by atoms with Gasteiger partial charge in [-0.15, -0.1) is 0 Å². The number of benzene rings is 2. The normalized spacial score (nSPS) is 11.7. The Morgan fingerprint density at radius 2 is 1.50 bits per heavy atom. The minimum absolute atomic E-state index is 0.146. The number of amides is 1. The molecule has 0 aliphatic heterocycles. The minimum Gasteiger partial charge on any atom is -0.372 e. The first kappa shape index (κ1) is 21.9. The Morgan fingerprint density at radius 1 is 0.964 bits per heavy atom. The molecular formula is C21H29N3O3S. The monoisotopic (exact) mass is 403 g/mol. The summed E-state index contributed by atoms with van der Waals surface area (Å²) in [7, 11) is -2.02. The van der Waals surface area contributed by atoms with Crippen LogP contribution in [-0.4, -0.2) is 44.8 Å². The van der Waals surface area contributed by atoms with E-state index in [1.54, 1.807) is 7.05 Å². The highest BCUT2D eigenvalue weighted by Crippen LogP contribution is 2.20. The summed E-state index contributed by atoms with van der Waals surface area (Å²) < 4.78 is 26.3. The van der Waals surface area contributed by atoms with Crippen LogP contribution in [0.4, 0.5) is 11.4 Å². The van der Waals surface area contributed by atoms with Crippen LogP contribution in [0.5, 0.6) is 0 Å². The van der Waals surface area contributed by atoms with E-state index in [9.17, 15) is 13.2 Å². The van der Waals surface area contributed by atoms with E-state index in [-0.39, 0.29) is 16.8 Å². The molecule has 0 fully saturated rings. The van der Waals surface area contributed by atoms with Gasteiger partial charge in [0, 0.05) is 43.1 Å². The minimum atomic E-state index is -3.56. The number of carbonyl (C=O) groups is 1. The number of carbonyl (C=O) groups excluding carboxylic acids is 1. The van der Waals surface area contributed by atoms with Crippen molar-refractivity contribution in [2.45, 2.75) is 38.6 Å². The lowest BCUT2D eigenvalue weighted by Gasteiger charge is -2.21. The van der Waals surface area contributed by atoms with E-state index in [0.717, 1.165) is 18.8 Å². The van der Waals surface area contributed by atoms with Gasteiger partial charge in [-0.1, -0.05) is 0 Å². The van der Waals surface area contributed by atoms with Gasteiger partial charge in [0.05, 0.1) is 4.90 Å². The highest BCUT2D eigenvalue weighted by molar-refractivity contribution is 7.89. The first-order valence-electron chi connectivity index (χ1n) is 9.45. The first-order chi connectivity index (χ1) is 13.2. The maximum atomic E-state index is 12.5. The average molecular weight is 404 g/mol. The van der Waals surface area contributed by atoms with E-state index >= 15 is 0 Å². The lowest BCUT2D eigenvalue weighted by atomic mass is 10.2. The molecule has 0 radical (unpaired) electrons. The van der Waals surface area contributed by atoms with Crippen LogP contribution in [0, 0.1) is 0 Å². The van der Waals surface area contributed by atoms with Crippen molar-refractivity contribution in [1.29, 1.82) is 0 Å². The van der Waals surface area contributed by atoms with Crippen LogP contribution < -0.4 is 10.2 Å². The SMILES string of the molecule is CCN(CC)c1ccc(NC(=O)c2ccc(S(=O)(=O)N(C)C(C)C)cc2)cc1. The fourth-order valence-electron chi connectivity index (χ4n) is 2.77. The molecule has 1 amide bonds. The smallest absolute Gasteiger partial charge is 0.255 e. The number of hydrogen-bond donors (Lipinski definition) is 1. The van der Waals surface area contributed by atoms with Gasteiger partial charge in [-0.3, -0.25) is 4.79 Å². The van der Waals surface area contributed by atoms with Gasteiger partial charge in [-0.05, 0) is 76.2 Å². The van der Waals surface area contributed by atoms with Crippen molar-refractivity contribution in [2.24, 2.45) is 0 Å². The second-order valence-electron chi connectivity index (χ2n) is 6.81. The molecule has 1 N–H and O–H groups in total. The maximum Gasteiger partial charge on any atom is 0.255 e. The van der Waals surface area contributed by atoms with Crippen LogP contribution in [0.2, 0.25) is 0 Å². The van der Waals surface area contributed by atoms with E-state index in [2.05, 4.69) is 24.1 Å². The molecule has 0 heterocycles. The van der Waals surface area contributed by atoms with Gasteiger partial charge in [0.1, 0.15) is 0 Å². The van der Waals surface area contributed by atoms with Crippen molar-refractivity contribution in [3.05, 3.63) is 54.1 Å². The van der Waals surface area contributed by atoms with Crippen LogP contribution >= 0.6 is 0 Å². The molecule has 28 heavy (non-hydrogen) atoms. The van der Waals surface area contributed by atoms with Gasteiger partial charge in [-0.25, -0.2) is 8.42 Å². The molecule has 0 aromatic heterocycles. The van der Waals surface area contributed by atoms with E-state index in [4.69, 9.17) is 0 Å². The molecule has 2 aromatic rings. The van der Waals surface area contributed by atoms with Crippen molar-refractivity contribution in [2.75, 3.05) is 30.4 Å². The van der Waals surface area contributed by atoms with E-state index in [0.29, 0.717) is 11.3 Å². The molecule has 152 valence electrons. The van der Waals surface area contributed by atoms with Gasteiger partial charge in [0.2, 0.25) is 10.0 Å². The number of hydrogen-bond acceptors (Lipinski definition) is 4. The molecule has 7 heteroatoms. The van der Waals surface area contributed by atoms with E-state index < -0.39 is 10.0 Å². The largest absolute Gasteiger partial charge is 0.372 e. The maximum absolute atomic E-state index is 12.5. The Labute approximate surface area is 168 Å². The van der Waals surface area contributed by atoms with Crippen molar-refractivity contribution >= 4 is 27.3 Å². The van der Waals surface area contributed by atoms with E-state index in [1.807, 2.05) is 38.1 Å². The number of anilines is 2. The Hall–Kier alpha value is -2.38. The molecule has 2 aromatic carbocycles. The molecule has 0 saturated carbocycles. The highest BCUT2D eigenvalue weighted by atomic mass is 32.2. The first-order valence-corrected chi connectivity index (χ1v) is 10.9. The molecule has 6 nitrogen and oxygen atoms in total. The molecule has 0 unspecified atom stereocenters. The summed E-state index contributed by atoms with van der Waals surface area (Å²) in [5.41, 5.74) is 2.20. The summed E-state index contributed by atoms with van der Waals surface area (Å²) in [6.45, 7) is 9.66. The van der Waals surface area contributed by atoms with Gasteiger partial charge >= 0.3 is 0 Å². The third kappa shape index (κ3) is 4.91. The zero-order valence-electron chi connectivity index (χ0n) is 17.1. The second kappa shape index (κ2) is 9.21. The topological polar surface area (TPSA) is 69.7 Å². The summed E-state index contributed by atoms with van der Waals surface area (Å²) in [5, 5.41) is 2.84. The third-order valence-electron chi connectivity index (χ3n) is 4.77. The predicted octanol–water partition coefficient (Wildman–Crippen LogP) is 3.81. The average Bonchev–Trinajstić information content (AvgIpc) is 2.69. The lowest BCUT2D eigenvalue weighted by Crippen LogP contribution is -2.33. The number of nitrogens with one attached hydrogen (secondary N) is 1. The van der Waals surface area contributed by atoms with E-state index in [1.165, 1.54) is 28.6 Å². The van der Waals surface area contributed by atoms with Crippen LogP contribution in [-0.2, 0) is 10.0 Å². The molecule has 0 spiro atoms. The zero-order chi connectivity index (χ0) is 20.9. The summed E-state index contributed by atoms with van der Waals surface area (Å²) in [6.07, 6.45) is 0. The van der Waals surface area contributed by atoms with Crippen molar-refractivity contribution < 1.29 is 13.2 Å². The quantitative estimate of drug-likeness (QED) is 0.728. The summed E-state index contributed by atoms with van der Waals surface area (Å²) in [5.74, 6) is -0.281.